The van der Waals surface area contributed by atoms with Crippen LogP contribution in [0, 0.1) is 6.92 Å². The van der Waals surface area contributed by atoms with Crippen LogP contribution in [-0.2, 0) is 9.53 Å². The van der Waals surface area contributed by atoms with E-state index in [2.05, 4.69) is 4.98 Å². The van der Waals surface area contributed by atoms with Gasteiger partial charge in [-0.25, -0.2) is 4.98 Å². The number of fused-ring (bicyclic) bond motifs is 1. The van der Waals surface area contributed by atoms with E-state index < -0.39 is 0 Å². The second kappa shape index (κ2) is 5.91. The monoisotopic (exact) mass is 324 g/mol. The highest BCUT2D eigenvalue weighted by molar-refractivity contribution is 7.22. The Hall–Kier alpha value is -1.17. The Kier molecular flexibility index (Phi) is 4.15. The summed E-state index contributed by atoms with van der Waals surface area (Å²) in [5, 5.41) is 1.42. The van der Waals surface area contributed by atoms with Crippen LogP contribution < -0.4 is 4.90 Å². The number of carbonyl (C=O) groups is 1. The number of benzene rings is 1. The molecule has 112 valence electrons. The van der Waals surface area contributed by atoms with Crippen molar-refractivity contribution >= 4 is 44.2 Å². The maximum Gasteiger partial charge on any atom is 0.225 e. The van der Waals surface area contributed by atoms with Crippen molar-refractivity contribution in [3.05, 3.63) is 22.7 Å². The summed E-state index contributed by atoms with van der Waals surface area (Å²) in [5.74, 6) is -0.00620. The van der Waals surface area contributed by atoms with Gasteiger partial charge in [-0.2, -0.15) is 0 Å². The Bertz CT molecular complexity index is 680. The van der Waals surface area contributed by atoms with E-state index in [-0.39, 0.29) is 12.0 Å². The topological polar surface area (TPSA) is 42.4 Å². The first-order valence-electron chi connectivity index (χ1n) is 7.01. The maximum absolute atomic E-state index is 12.0. The van der Waals surface area contributed by atoms with Crippen LogP contribution >= 0.6 is 22.9 Å². The Morgan fingerprint density at radius 2 is 2.38 bits per heavy atom. The van der Waals surface area contributed by atoms with Gasteiger partial charge < -0.3 is 4.74 Å². The molecule has 1 amide bonds. The number of aromatic nitrogens is 1. The molecule has 0 saturated carbocycles. The smallest absolute Gasteiger partial charge is 0.225 e. The maximum atomic E-state index is 12.0. The van der Waals surface area contributed by atoms with Gasteiger partial charge in [0.2, 0.25) is 5.91 Å². The Labute approximate surface area is 132 Å². The molecule has 2 aromatic rings. The summed E-state index contributed by atoms with van der Waals surface area (Å²) in [6.07, 6.45) is 2.18. The molecule has 0 spiro atoms. The van der Waals surface area contributed by atoms with Crippen molar-refractivity contribution in [1.82, 2.24) is 4.98 Å². The van der Waals surface area contributed by atoms with Gasteiger partial charge in [-0.1, -0.05) is 22.9 Å². The molecule has 0 N–H and O–H groups in total. The average Bonchev–Trinajstić information content (AvgIpc) is 3.03. The Morgan fingerprint density at radius 3 is 3.05 bits per heavy atom. The highest BCUT2D eigenvalue weighted by Gasteiger charge is 2.24. The van der Waals surface area contributed by atoms with Gasteiger partial charge in [0.25, 0.3) is 0 Å². The minimum Gasteiger partial charge on any atom is -0.376 e. The minimum atomic E-state index is -0.00620. The van der Waals surface area contributed by atoms with E-state index in [4.69, 9.17) is 16.3 Å². The van der Waals surface area contributed by atoms with Crippen molar-refractivity contribution in [1.29, 1.82) is 0 Å². The highest BCUT2D eigenvalue weighted by Crippen LogP contribution is 2.33. The van der Waals surface area contributed by atoms with Crippen LogP contribution in [-0.4, -0.2) is 30.1 Å². The van der Waals surface area contributed by atoms with Crippen LogP contribution in [0.1, 0.15) is 25.3 Å². The van der Waals surface area contributed by atoms with E-state index in [1.54, 1.807) is 11.8 Å². The largest absolute Gasteiger partial charge is 0.376 e. The van der Waals surface area contributed by atoms with Gasteiger partial charge in [-0.3, -0.25) is 9.69 Å². The summed E-state index contributed by atoms with van der Waals surface area (Å²) in [6, 6.07) is 3.79. The summed E-state index contributed by atoms with van der Waals surface area (Å²) in [6.45, 7) is 4.91. The standard InChI is InChI=1S/C15H17ClN2O2S/c1-9-6-11(16)7-13-14(9)17-15(21-13)18(10(2)19)8-12-4-3-5-20-12/h6-7,12H,3-5,8H2,1-2H3. The molecule has 3 rings (SSSR count). The van der Waals surface area contributed by atoms with Gasteiger partial charge in [0.1, 0.15) is 0 Å². The van der Waals surface area contributed by atoms with Crippen molar-refractivity contribution < 1.29 is 9.53 Å². The summed E-state index contributed by atoms with van der Waals surface area (Å²) in [7, 11) is 0. The number of amides is 1. The first-order valence-corrected chi connectivity index (χ1v) is 8.20. The number of thiazole rings is 1. The van der Waals surface area contributed by atoms with Gasteiger partial charge in [-0.05, 0) is 37.5 Å². The molecular formula is C15H17ClN2O2S. The molecule has 0 bridgehead atoms. The van der Waals surface area contributed by atoms with E-state index in [0.29, 0.717) is 11.6 Å². The molecule has 0 aliphatic carbocycles. The molecule has 6 heteroatoms. The van der Waals surface area contributed by atoms with Gasteiger partial charge >= 0.3 is 0 Å². The number of rotatable bonds is 3. The summed E-state index contributed by atoms with van der Waals surface area (Å²) >= 11 is 7.59. The third-order valence-corrected chi connectivity index (χ3v) is 4.90. The molecule has 1 saturated heterocycles. The third-order valence-electron chi connectivity index (χ3n) is 3.66. The fraction of sp³-hybridized carbons (Fsp3) is 0.467. The number of hydrogen-bond donors (Lipinski definition) is 0. The quantitative estimate of drug-likeness (QED) is 0.862. The van der Waals surface area contributed by atoms with E-state index >= 15 is 0 Å². The molecule has 1 aliphatic rings. The van der Waals surface area contributed by atoms with Crippen LogP contribution in [0.25, 0.3) is 10.2 Å². The normalized spacial score (nSPS) is 18.3. The van der Waals surface area contributed by atoms with Gasteiger partial charge in [0, 0.05) is 18.6 Å². The van der Waals surface area contributed by atoms with Crippen molar-refractivity contribution in [3.63, 3.8) is 0 Å². The molecule has 21 heavy (non-hydrogen) atoms. The van der Waals surface area contributed by atoms with E-state index in [1.165, 1.54) is 11.3 Å². The highest BCUT2D eigenvalue weighted by atomic mass is 35.5. The summed E-state index contributed by atoms with van der Waals surface area (Å²) < 4.78 is 6.64. The van der Waals surface area contributed by atoms with E-state index in [9.17, 15) is 4.79 Å². The summed E-state index contributed by atoms with van der Waals surface area (Å²) in [4.78, 5) is 18.3. The number of hydrogen-bond acceptors (Lipinski definition) is 4. The van der Waals surface area contributed by atoms with E-state index in [0.717, 1.165) is 40.4 Å². The van der Waals surface area contributed by atoms with Gasteiger partial charge in [0.05, 0.1) is 22.9 Å². The SMILES string of the molecule is CC(=O)N(CC1CCCO1)c1nc2c(C)cc(Cl)cc2s1. The molecule has 1 aliphatic heterocycles. The Morgan fingerprint density at radius 1 is 1.57 bits per heavy atom. The third kappa shape index (κ3) is 3.05. The fourth-order valence-corrected chi connectivity index (χ4v) is 4.06. The molecule has 1 fully saturated rings. The molecule has 0 radical (unpaired) electrons. The zero-order valence-electron chi connectivity index (χ0n) is 12.1. The fourth-order valence-electron chi connectivity index (χ4n) is 2.59. The molecule has 4 nitrogen and oxygen atoms in total. The van der Waals surface area contributed by atoms with Crippen molar-refractivity contribution in [2.75, 3.05) is 18.1 Å². The molecular weight excluding hydrogens is 308 g/mol. The predicted octanol–water partition coefficient (Wildman–Crippen LogP) is 3.79. The van der Waals surface area contributed by atoms with Crippen LogP contribution in [0.3, 0.4) is 0 Å². The van der Waals surface area contributed by atoms with Crippen molar-refractivity contribution in [2.24, 2.45) is 0 Å². The number of nitrogens with zero attached hydrogens (tertiary/aromatic N) is 2. The van der Waals surface area contributed by atoms with Crippen LogP contribution in [0.4, 0.5) is 5.13 Å². The number of anilines is 1. The summed E-state index contributed by atoms with van der Waals surface area (Å²) in [5.41, 5.74) is 1.94. The lowest BCUT2D eigenvalue weighted by Crippen LogP contribution is -2.35. The number of aryl methyl sites for hydroxylation is 1. The van der Waals surface area contributed by atoms with Crippen molar-refractivity contribution in [3.8, 4) is 0 Å². The number of carbonyl (C=O) groups excluding carboxylic acids is 1. The van der Waals surface area contributed by atoms with Crippen LogP contribution in [0.15, 0.2) is 12.1 Å². The average molecular weight is 325 g/mol. The lowest BCUT2D eigenvalue weighted by Gasteiger charge is -2.21. The molecule has 1 aromatic carbocycles. The van der Waals surface area contributed by atoms with Gasteiger partial charge in [0.15, 0.2) is 5.13 Å². The molecule has 1 atom stereocenters. The second-order valence-corrected chi connectivity index (χ2v) is 6.78. The Balaban J connectivity index is 1.95. The van der Waals surface area contributed by atoms with Crippen LogP contribution in [0.5, 0.6) is 0 Å². The number of halogens is 1. The number of ether oxygens (including phenoxy) is 1. The zero-order chi connectivity index (χ0) is 15.0. The second-order valence-electron chi connectivity index (χ2n) is 5.33. The first kappa shape index (κ1) is 14.8. The van der Waals surface area contributed by atoms with Gasteiger partial charge in [-0.15, -0.1) is 0 Å². The minimum absolute atomic E-state index is 0.00620. The molecule has 1 unspecified atom stereocenters. The first-order chi connectivity index (χ1) is 10.0. The van der Waals surface area contributed by atoms with E-state index in [1.807, 2.05) is 19.1 Å². The zero-order valence-corrected chi connectivity index (χ0v) is 13.6. The predicted molar refractivity (Wildman–Crippen MR) is 86.4 cm³/mol. The lowest BCUT2D eigenvalue weighted by atomic mass is 10.2. The van der Waals surface area contributed by atoms with Crippen LogP contribution in [0.2, 0.25) is 5.02 Å². The lowest BCUT2D eigenvalue weighted by molar-refractivity contribution is -0.116. The molecule has 1 aromatic heterocycles. The van der Waals surface area contributed by atoms with Crippen molar-refractivity contribution in [2.45, 2.75) is 32.8 Å². The molecule has 2 heterocycles.